The summed E-state index contributed by atoms with van der Waals surface area (Å²) in [5, 5.41) is 2.76. The minimum atomic E-state index is -0.304. The second-order valence-electron chi connectivity index (χ2n) is 7.46. The zero-order valence-corrected chi connectivity index (χ0v) is 17.7. The molecule has 7 nitrogen and oxygen atoms in total. The van der Waals surface area contributed by atoms with Crippen LogP contribution in [0.3, 0.4) is 0 Å². The molecular weight excluding hydrogens is 366 g/mol. The summed E-state index contributed by atoms with van der Waals surface area (Å²) >= 11 is 1.55. The van der Waals surface area contributed by atoms with Gasteiger partial charge in [-0.1, -0.05) is 0 Å². The quantitative estimate of drug-likeness (QED) is 0.802. The van der Waals surface area contributed by atoms with Crippen molar-refractivity contribution in [2.24, 2.45) is 0 Å². The van der Waals surface area contributed by atoms with Crippen LogP contribution in [0.15, 0.2) is 18.2 Å². The van der Waals surface area contributed by atoms with E-state index in [1.807, 2.05) is 39.0 Å². The Morgan fingerprint density at radius 2 is 2.04 bits per heavy atom. The highest BCUT2D eigenvalue weighted by Crippen LogP contribution is 2.43. The first kappa shape index (κ1) is 21.2. The molecule has 0 aliphatic carbocycles. The average Bonchev–Trinajstić information content (AvgIpc) is 2.98. The molecule has 1 atom stereocenters. The fourth-order valence-corrected chi connectivity index (χ4v) is 3.99. The fraction of sp³-hybridized carbons (Fsp3) is 0.579. The molecule has 1 aliphatic rings. The molecule has 1 N–H and O–H groups in total. The lowest BCUT2D eigenvalue weighted by Gasteiger charge is -2.29. The van der Waals surface area contributed by atoms with Crippen molar-refractivity contribution in [3.8, 4) is 11.5 Å². The summed E-state index contributed by atoms with van der Waals surface area (Å²) in [5.74, 6) is 1.89. The number of carbonyl (C=O) groups is 2. The molecule has 3 amide bonds. The second-order valence-corrected chi connectivity index (χ2v) is 8.53. The van der Waals surface area contributed by atoms with Gasteiger partial charge in [0, 0.05) is 31.2 Å². The van der Waals surface area contributed by atoms with Crippen LogP contribution >= 0.6 is 11.8 Å². The first-order chi connectivity index (χ1) is 12.7. The van der Waals surface area contributed by atoms with E-state index in [2.05, 4.69) is 5.32 Å². The molecule has 1 heterocycles. The Morgan fingerprint density at radius 1 is 1.33 bits per heavy atom. The highest BCUT2D eigenvalue weighted by atomic mass is 32.2. The van der Waals surface area contributed by atoms with Gasteiger partial charge in [0.2, 0.25) is 5.91 Å². The maximum Gasteiger partial charge on any atom is 0.317 e. The number of hydrogen-bond donors (Lipinski definition) is 1. The summed E-state index contributed by atoms with van der Waals surface area (Å²) in [6.07, 6.45) is 0. The van der Waals surface area contributed by atoms with Gasteiger partial charge in [-0.15, -0.1) is 11.8 Å². The Kier molecular flexibility index (Phi) is 6.86. The minimum absolute atomic E-state index is 0.0551. The Balaban J connectivity index is 2.12. The first-order valence-corrected chi connectivity index (χ1v) is 9.87. The van der Waals surface area contributed by atoms with E-state index in [-0.39, 0.29) is 22.9 Å². The lowest BCUT2D eigenvalue weighted by atomic mass is 10.1. The van der Waals surface area contributed by atoms with Crippen LogP contribution in [0.5, 0.6) is 11.5 Å². The molecule has 8 heteroatoms. The third-order valence-corrected chi connectivity index (χ3v) is 5.41. The summed E-state index contributed by atoms with van der Waals surface area (Å²) in [6, 6.07) is 5.42. The molecule has 1 saturated heterocycles. The van der Waals surface area contributed by atoms with Crippen molar-refractivity contribution in [2.75, 3.05) is 40.1 Å². The van der Waals surface area contributed by atoms with E-state index >= 15 is 0 Å². The lowest BCUT2D eigenvalue weighted by molar-refractivity contribution is -0.128. The Hall–Kier alpha value is -2.09. The van der Waals surface area contributed by atoms with Gasteiger partial charge in [0.25, 0.3) is 0 Å². The largest absolute Gasteiger partial charge is 0.497 e. The molecule has 0 aromatic heterocycles. The van der Waals surface area contributed by atoms with E-state index in [0.29, 0.717) is 30.3 Å². The third kappa shape index (κ3) is 5.45. The van der Waals surface area contributed by atoms with Crippen LogP contribution in [0.25, 0.3) is 0 Å². The molecule has 2 rings (SSSR count). The van der Waals surface area contributed by atoms with Crippen molar-refractivity contribution in [2.45, 2.75) is 31.7 Å². The Bertz CT molecular complexity index is 690. The molecule has 1 fully saturated rings. The topological polar surface area (TPSA) is 71.1 Å². The number of rotatable bonds is 6. The number of nitrogens with one attached hydrogen (secondary N) is 1. The average molecular weight is 396 g/mol. The van der Waals surface area contributed by atoms with Crippen molar-refractivity contribution in [1.29, 1.82) is 0 Å². The summed E-state index contributed by atoms with van der Waals surface area (Å²) in [7, 11) is 4.96. The van der Waals surface area contributed by atoms with Crippen molar-refractivity contribution in [1.82, 2.24) is 15.1 Å². The number of likely N-dealkylation sites (N-methyl/N-ethyl adjacent to an activating group) is 1. The van der Waals surface area contributed by atoms with Crippen LogP contribution in [0.2, 0.25) is 0 Å². The highest BCUT2D eigenvalue weighted by Gasteiger charge is 2.35. The Morgan fingerprint density at radius 3 is 2.63 bits per heavy atom. The zero-order chi connectivity index (χ0) is 20.2. The van der Waals surface area contributed by atoms with E-state index in [9.17, 15) is 9.59 Å². The molecule has 1 unspecified atom stereocenters. The maximum atomic E-state index is 12.4. The van der Waals surface area contributed by atoms with Crippen LogP contribution in [0, 0.1) is 0 Å². The Labute approximate surface area is 165 Å². The van der Waals surface area contributed by atoms with Crippen molar-refractivity contribution in [3.05, 3.63) is 23.8 Å². The summed E-state index contributed by atoms with van der Waals surface area (Å²) in [6.45, 7) is 6.70. The van der Waals surface area contributed by atoms with Gasteiger partial charge >= 0.3 is 6.03 Å². The van der Waals surface area contributed by atoms with E-state index in [4.69, 9.17) is 9.47 Å². The maximum absolute atomic E-state index is 12.4. The predicted octanol–water partition coefficient (Wildman–Crippen LogP) is 2.72. The van der Waals surface area contributed by atoms with Gasteiger partial charge in [0.15, 0.2) is 0 Å². The minimum Gasteiger partial charge on any atom is -0.497 e. The molecule has 1 aliphatic heterocycles. The van der Waals surface area contributed by atoms with Gasteiger partial charge in [-0.3, -0.25) is 4.79 Å². The number of hydrogen-bond acceptors (Lipinski definition) is 5. The molecule has 0 saturated carbocycles. The van der Waals surface area contributed by atoms with Gasteiger partial charge in [0.1, 0.15) is 16.9 Å². The SMILES string of the molecule is COc1ccc(OC)c(C2SCC(=O)N2CCN(C)C(=O)NC(C)(C)C)c1. The number of benzene rings is 1. The highest BCUT2D eigenvalue weighted by molar-refractivity contribution is 8.00. The summed E-state index contributed by atoms with van der Waals surface area (Å²) in [4.78, 5) is 28.1. The summed E-state index contributed by atoms with van der Waals surface area (Å²) < 4.78 is 10.8. The smallest absolute Gasteiger partial charge is 0.317 e. The van der Waals surface area contributed by atoms with Gasteiger partial charge in [-0.05, 0) is 39.0 Å². The van der Waals surface area contributed by atoms with Crippen LogP contribution in [0.4, 0.5) is 4.79 Å². The molecule has 0 radical (unpaired) electrons. The van der Waals surface area contributed by atoms with Crippen LogP contribution in [0.1, 0.15) is 31.7 Å². The normalized spacial score (nSPS) is 17.0. The standard InChI is InChI=1S/C19H29N3O4S/c1-19(2,3)20-18(24)21(4)9-10-22-16(23)12-27-17(22)14-11-13(25-5)7-8-15(14)26-6/h7-8,11,17H,9-10,12H2,1-6H3,(H,20,24). The van der Waals surface area contributed by atoms with Crippen LogP contribution in [-0.4, -0.2) is 67.4 Å². The van der Waals surface area contributed by atoms with Crippen molar-refractivity contribution >= 4 is 23.7 Å². The molecule has 0 bridgehead atoms. The number of nitrogens with zero attached hydrogens (tertiary/aromatic N) is 2. The van der Waals surface area contributed by atoms with E-state index < -0.39 is 0 Å². The zero-order valence-electron chi connectivity index (χ0n) is 16.9. The third-order valence-electron chi connectivity index (χ3n) is 4.18. The lowest BCUT2D eigenvalue weighted by Crippen LogP contribution is -2.49. The monoisotopic (exact) mass is 395 g/mol. The van der Waals surface area contributed by atoms with Crippen molar-refractivity contribution < 1.29 is 19.1 Å². The van der Waals surface area contributed by atoms with E-state index in [1.54, 1.807) is 42.8 Å². The molecule has 27 heavy (non-hydrogen) atoms. The molecule has 150 valence electrons. The second kappa shape index (κ2) is 8.73. The van der Waals surface area contributed by atoms with Crippen LogP contribution < -0.4 is 14.8 Å². The molecule has 0 spiro atoms. The van der Waals surface area contributed by atoms with Gasteiger partial charge < -0.3 is 24.6 Å². The molecule has 1 aromatic rings. The fourth-order valence-electron chi connectivity index (χ4n) is 2.76. The summed E-state index contributed by atoms with van der Waals surface area (Å²) in [5.41, 5.74) is 0.593. The predicted molar refractivity (Wildman–Crippen MR) is 107 cm³/mol. The van der Waals surface area contributed by atoms with E-state index in [1.165, 1.54) is 0 Å². The first-order valence-electron chi connectivity index (χ1n) is 8.82. The number of urea groups is 1. The van der Waals surface area contributed by atoms with Gasteiger partial charge in [-0.2, -0.15) is 0 Å². The number of ether oxygens (including phenoxy) is 2. The van der Waals surface area contributed by atoms with Gasteiger partial charge in [-0.25, -0.2) is 4.79 Å². The van der Waals surface area contributed by atoms with Crippen LogP contribution in [-0.2, 0) is 4.79 Å². The van der Waals surface area contributed by atoms with E-state index in [0.717, 1.165) is 5.56 Å². The number of carbonyl (C=O) groups excluding carboxylic acids is 2. The van der Waals surface area contributed by atoms with Crippen molar-refractivity contribution in [3.63, 3.8) is 0 Å². The number of amides is 3. The molecular formula is C19H29N3O4S. The number of methoxy groups -OCH3 is 2. The molecule has 1 aromatic carbocycles. The van der Waals surface area contributed by atoms with Gasteiger partial charge in [0.05, 0.1) is 20.0 Å². The number of thioether (sulfide) groups is 1.